The number of amides is 1. The van der Waals surface area contributed by atoms with Crippen molar-refractivity contribution in [2.75, 3.05) is 13.2 Å². The van der Waals surface area contributed by atoms with Gasteiger partial charge in [-0.3, -0.25) is 4.79 Å². The molecule has 2 rings (SSSR count). The maximum absolute atomic E-state index is 12.1. The van der Waals surface area contributed by atoms with E-state index in [9.17, 15) is 22.8 Å². The Kier molecular flexibility index (Phi) is 5.43. The number of benzene rings is 2. The molecule has 0 aliphatic rings. The summed E-state index contributed by atoms with van der Waals surface area (Å²) in [7, 11) is 0. The van der Waals surface area contributed by atoms with Gasteiger partial charge in [0.25, 0.3) is 0 Å². The van der Waals surface area contributed by atoms with Crippen molar-refractivity contribution in [2.45, 2.75) is 19.6 Å². The molecule has 0 unspecified atom stereocenters. The van der Waals surface area contributed by atoms with E-state index in [1.54, 1.807) is 13.0 Å². The van der Waals surface area contributed by atoms with E-state index in [4.69, 9.17) is 0 Å². The molecule has 0 heterocycles. The van der Waals surface area contributed by atoms with E-state index in [-0.39, 0.29) is 13.1 Å². The number of rotatable bonds is 4. The van der Waals surface area contributed by atoms with Crippen molar-refractivity contribution in [3.05, 3.63) is 48.0 Å². The zero-order valence-electron chi connectivity index (χ0n) is 13.0. The molecule has 24 heavy (non-hydrogen) atoms. The van der Waals surface area contributed by atoms with Crippen LogP contribution in [0, 0.1) is 0 Å². The van der Waals surface area contributed by atoms with Crippen LogP contribution in [0.5, 0.6) is 0 Å². The van der Waals surface area contributed by atoms with Crippen LogP contribution in [-0.4, -0.2) is 36.1 Å². The monoisotopic (exact) mass is 339 g/mol. The lowest BCUT2D eigenvalue weighted by Gasteiger charge is -2.21. The van der Waals surface area contributed by atoms with Crippen molar-refractivity contribution in [3.63, 3.8) is 0 Å². The van der Waals surface area contributed by atoms with Crippen LogP contribution >= 0.6 is 0 Å². The summed E-state index contributed by atoms with van der Waals surface area (Å²) in [6.45, 7) is 0.143. The fourth-order valence-corrected chi connectivity index (χ4v) is 2.30. The van der Waals surface area contributed by atoms with Crippen LogP contribution in [0.3, 0.4) is 0 Å². The van der Waals surface area contributed by atoms with Gasteiger partial charge in [0.05, 0.1) is 0 Å². The average Bonchev–Trinajstić information content (AvgIpc) is 2.56. The first kappa shape index (κ1) is 17.8. The molecule has 0 saturated heterocycles. The van der Waals surface area contributed by atoms with E-state index in [1.807, 2.05) is 36.4 Å². The third kappa shape index (κ3) is 4.47. The molecule has 0 bridgehead atoms. The molecule has 0 radical (unpaired) electrons. The summed E-state index contributed by atoms with van der Waals surface area (Å²) in [6.07, 6.45) is -4.66. The molecule has 2 aromatic carbocycles. The summed E-state index contributed by atoms with van der Waals surface area (Å²) in [5.41, 5.74) is 0.798. The van der Waals surface area contributed by atoms with Crippen molar-refractivity contribution < 1.29 is 27.5 Å². The molecule has 2 aromatic rings. The van der Waals surface area contributed by atoms with Crippen LogP contribution in [0.25, 0.3) is 10.8 Å². The lowest BCUT2D eigenvalue weighted by molar-refractivity contribution is -0.189. The maximum Gasteiger partial charge on any atom is 0.422 e. The minimum absolute atomic E-state index is 0.109. The van der Waals surface area contributed by atoms with Gasteiger partial charge in [-0.25, -0.2) is 4.79 Å². The highest BCUT2D eigenvalue weighted by Gasteiger charge is 2.32. The minimum Gasteiger partial charge on any atom is -0.449 e. The summed E-state index contributed by atoms with van der Waals surface area (Å²) >= 11 is 0. The highest BCUT2D eigenvalue weighted by molar-refractivity contribution is 6.32. The van der Waals surface area contributed by atoms with Gasteiger partial charge in [0.2, 0.25) is 0 Å². The van der Waals surface area contributed by atoms with Gasteiger partial charge >= 0.3 is 18.1 Å². The molecule has 0 saturated carbocycles. The third-order valence-electron chi connectivity index (χ3n) is 3.45. The number of likely N-dealkylation sites (N-methyl/N-ethyl adjacent to an activating group) is 1. The number of ether oxygens (including phenoxy) is 1. The predicted molar refractivity (Wildman–Crippen MR) is 82.1 cm³/mol. The van der Waals surface area contributed by atoms with Crippen LogP contribution < -0.4 is 0 Å². The Labute approximate surface area is 136 Å². The second-order valence-electron chi connectivity index (χ2n) is 5.15. The number of carbonyl (C=O) groups excluding carboxylic acids is 2. The minimum atomic E-state index is -4.66. The second-order valence-corrected chi connectivity index (χ2v) is 5.15. The lowest BCUT2D eigenvalue weighted by Crippen LogP contribution is -2.38. The first-order chi connectivity index (χ1) is 11.3. The van der Waals surface area contributed by atoms with E-state index < -0.39 is 24.7 Å². The average molecular weight is 339 g/mol. The van der Waals surface area contributed by atoms with E-state index >= 15 is 0 Å². The molecule has 1 amide bonds. The van der Waals surface area contributed by atoms with Crippen LogP contribution in [0.4, 0.5) is 13.2 Å². The van der Waals surface area contributed by atoms with E-state index in [0.29, 0.717) is 0 Å². The maximum atomic E-state index is 12.1. The van der Waals surface area contributed by atoms with E-state index in [2.05, 4.69) is 4.74 Å². The topological polar surface area (TPSA) is 46.6 Å². The van der Waals surface area contributed by atoms with Gasteiger partial charge in [0.1, 0.15) is 0 Å². The largest absolute Gasteiger partial charge is 0.449 e. The molecule has 0 spiro atoms. The fraction of sp³-hybridized carbons (Fsp3) is 0.294. The van der Waals surface area contributed by atoms with Gasteiger partial charge in [-0.1, -0.05) is 42.5 Å². The Bertz CT molecular complexity index is 738. The Hall–Kier alpha value is -2.57. The molecule has 0 aliphatic carbocycles. The number of hydrogen-bond acceptors (Lipinski definition) is 3. The van der Waals surface area contributed by atoms with Crippen molar-refractivity contribution in [1.29, 1.82) is 0 Å². The standard InChI is InChI=1S/C17H16F3NO3/c1-2-21(15(22)16(23)24-11-17(18,19)20)10-13-8-5-7-12-6-3-4-9-14(12)13/h3-9H,2,10-11H2,1H3. The molecule has 7 heteroatoms. The molecule has 128 valence electrons. The number of nitrogens with zero attached hydrogens (tertiary/aromatic N) is 1. The number of alkyl halides is 3. The summed E-state index contributed by atoms with van der Waals surface area (Å²) in [4.78, 5) is 24.7. The second kappa shape index (κ2) is 7.33. The number of esters is 1. The third-order valence-corrected chi connectivity index (χ3v) is 3.45. The fourth-order valence-electron chi connectivity index (χ4n) is 2.30. The van der Waals surface area contributed by atoms with Gasteiger partial charge in [-0.2, -0.15) is 13.2 Å². The van der Waals surface area contributed by atoms with Gasteiger partial charge in [-0.15, -0.1) is 0 Å². The van der Waals surface area contributed by atoms with Crippen LogP contribution in [0.1, 0.15) is 12.5 Å². The molecule has 0 aromatic heterocycles. The highest BCUT2D eigenvalue weighted by Crippen LogP contribution is 2.20. The first-order valence-electron chi connectivity index (χ1n) is 7.31. The first-order valence-corrected chi connectivity index (χ1v) is 7.31. The normalized spacial score (nSPS) is 11.3. The van der Waals surface area contributed by atoms with Gasteiger partial charge in [0.15, 0.2) is 6.61 Å². The molecule has 0 N–H and O–H groups in total. The number of halogens is 3. The predicted octanol–water partition coefficient (Wildman–Crippen LogP) is 3.29. The molecular formula is C17H16F3NO3. The van der Waals surface area contributed by atoms with Crippen LogP contribution in [-0.2, 0) is 20.9 Å². The van der Waals surface area contributed by atoms with E-state index in [0.717, 1.165) is 21.2 Å². The summed E-state index contributed by atoms with van der Waals surface area (Å²) in [5.74, 6) is -2.59. The number of hydrogen-bond donors (Lipinski definition) is 0. The number of carbonyl (C=O) groups is 2. The van der Waals surface area contributed by atoms with Gasteiger partial charge in [0, 0.05) is 13.1 Å². The summed E-state index contributed by atoms with van der Waals surface area (Å²) < 4.78 is 40.3. The molecule has 0 atom stereocenters. The Morgan fingerprint density at radius 3 is 2.42 bits per heavy atom. The lowest BCUT2D eigenvalue weighted by atomic mass is 10.0. The zero-order valence-corrected chi connectivity index (χ0v) is 13.0. The Morgan fingerprint density at radius 1 is 1.08 bits per heavy atom. The molecule has 0 aliphatic heterocycles. The van der Waals surface area contributed by atoms with Crippen molar-refractivity contribution in [1.82, 2.24) is 4.90 Å². The SMILES string of the molecule is CCN(Cc1cccc2ccccc12)C(=O)C(=O)OCC(F)(F)F. The smallest absolute Gasteiger partial charge is 0.422 e. The number of fused-ring (bicyclic) bond motifs is 1. The highest BCUT2D eigenvalue weighted by atomic mass is 19.4. The Balaban J connectivity index is 2.13. The summed E-state index contributed by atoms with van der Waals surface area (Å²) in [5, 5.41) is 1.88. The van der Waals surface area contributed by atoms with Crippen molar-refractivity contribution in [2.24, 2.45) is 0 Å². The van der Waals surface area contributed by atoms with Gasteiger partial charge < -0.3 is 9.64 Å². The quantitative estimate of drug-likeness (QED) is 0.634. The van der Waals surface area contributed by atoms with Crippen molar-refractivity contribution in [3.8, 4) is 0 Å². The molecule has 4 nitrogen and oxygen atoms in total. The van der Waals surface area contributed by atoms with E-state index in [1.165, 1.54) is 0 Å². The molecular weight excluding hydrogens is 323 g/mol. The van der Waals surface area contributed by atoms with Gasteiger partial charge in [-0.05, 0) is 23.3 Å². The Morgan fingerprint density at radius 2 is 1.75 bits per heavy atom. The molecule has 0 fully saturated rings. The van der Waals surface area contributed by atoms with Crippen LogP contribution in [0.2, 0.25) is 0 Å². The van der Waals surface area contributed by atoms with Crippen LogP contribution in [0.15, 0.2) is 42.5 Å². The summed E-state index contributed by atoms with van der Waals surface area (Å²) in [6, 6.07) is 13.1. The van der Waals surface area contributed by atoms with Crippen molar-refractivity contribution >= 4 is 22.6 Å². The zero-order chi connectivity index (χ0) is 17.7.